The van der Waals surface area contributed by atoms with E-state index in [2.05, 4.69) is 15.4 Å². The van der Waals surface area contributed by atoms with Crippen LogP contribution in [0.25, 0.3) is 0 Å². The Morgan fingerprint density at radius 1 is 0.938 bits per heavy atom. The molecule has 2 aromatic rings. The highest BCUT2D eigenvalue weighted by molar-refractivity contribution is 5.90. The number of hydrogen-bond donors (Lipinski definition) is 2. The molecule has 172 valence electrons. The van der Waals surface area contributed by atoms with Gasteiger partial charge in [-0.05, 0) is 35.4 Å². The fourth-order valence-corrected chi connectivity index (χ4v) is 3.03. The zero-order valence-corrected chi connectivity index (χ0v) is 17.3. The molecule has 0 spiro atoms. The number of carbonyl (C=O) groups excluding carboxylic acids is 3. The normalized spacial score (nSPS) is 13.1. The number of halogens is 4. The second-order valence-electron chi connectivity index (χ2n) is 7.07. The van der Waals surface area contributed by atoms with Gasteiger partial charge in [-0.2, -0.15) is 13.2 Å². The highest BCUT2D eigenvalue weighted by Gasteiger charge is 2.31. The first-order valence-corrected chi connectivity index (χ1v) is 9.55. The highest BCUT2D eigenvalue weighted by atomic mass is 19.4. The van der Waals surface area contributed by atoms with Gasteiger partial charge >= 0.3 is 12.1 Å². The second kappa shape index (κ2) is 10.7. The van der Waals surface area contributed by atoms with Crippen molar-refractivity contribution in [1.29, 1.82) is 0 Å². The summed E-state index contributed by atoms with van der Waals surface area (Å²) in [6.45, 7) is 1.20. The topological polar surface area (TPSA) is 84.5 Å². The zero-order chi connectivity index (χ0) is 23.9. The number of nitrogens with one attached hydrogen (secondary N) is 2. The van der Waals surface area contributed by atoms with Crippen LogP contribution in [0.2, 0.25) is 0 Å². The molecule has 0 saturated carbocycles. The lowest BCUT2D eigenvalue weighted by atomic mass is 10.0. The number of benzene rings is 2. The van der Waals surface area contributed by atoms with E-state index >= 15 is 0 Å². The van der Waals surface area contributed by atoms with Crippen LogP contribution >= 0.6 is 0 Å². The Morgan fingerprint density at radius 2 is 1.56 bits per heavy atom. The van der Waals surface area contributed by atoms with Crippen molar-refractivity contribution >= 4 is 17.8 Å². The third-order valence-electron chi connectivity index (χ3n) is 4.55. The van der Waals surface area contributed by atoms with E-state index in [0.717, 1.165) is 19.2 Å². The summed E-state index contributed by atoms with van der Waals surface area (Å²) < 4.78 is 56.4. The fourth-order valence-electron chi connectivity index (χ4n) is 3.03. The molecule has 0 fully saturated rings. The molecule has 0 aromatic heterocycles. The number of hydrogen-bond acceptors (Lipinski definition) is 4. The minimum atomic E-state index is -4.50. The van der Waals surface area contributed by atoms with Crippen molar-refractivity contribution in [3.8, 4) is 0 Å². The first-order valence-electron chi connectivity index (χ1n) is 9.55. The third-order valence-corrected chi connectivity index (χ3v) is 4.55. The molecule has 0 aliphatic heterocycles. The SMILES string of the molecule is COC(=O)[C@H](Cc1ccc(C(F)(F)F)cc1)NC(=O)[C@@H](Cc1cccc(F)c1)NC(C)=O. The van der Waals surface area contributed by atoms with Gasteiger partial charge in [-0.1, -0.05) is 24.3 Å². The molecule has 0 bridgehead atoms. The van der Waals surface area contributed by atoms with E-state index < -0.39 is 47.4 Å². The monoisotopic (exact) mass is 454 g/mol. The van der Waals surface area contributed by atoms with E-state index in [4.69, 9.17) is 0 Å². The molecule has 2 atom stereocenters. The lowest BCUT2D eigenvalue weighted by molar-refractivity contribution is -0.145. The van der Waals surface area contributed by atoms with Crippen LogP contribution in [0, 0.1) is 5.82 Å². The van der Waals surface area contributed by atoms with E-state index in [0.29, 0.717) is 11.1 Å². The quantitative estimate of drug-likeness (QED) is 0.475. The third kappa shape index (κ3) is 7.36. The Kier molecular flexibility index (Phi) is 8.34. The molecule has 0 aliphatic carbocycles. The van der Waals surface area contributed by atoms with Gasteiger partial charge in [-0.15, -0.1) is 0 Å². The molecule has 32 heavy (non-hydrogen) atoms. The van der Waals surface area contributed by atoms with E-state index in [1.54, 1.807) is 6.07 Å². The van der Waals surface area contributed by atoms with E-state index in [1.165, 1.54) is 37.3 Å². The van der Waals surface area contributed by atoms with Crippen molar-refractivity contribution in [2.24, 2.45) is 0 Å². The van der Waals surface area contributed by atoms with E-state index in [9.17, 15) is 31.9 Å². The van der Waals surface area contributed by atoms with Crippen molar-refractivity contribution < 1.29 is 36.7 Å². The van der Waals surface area contributed by atoms with E-state index in [-0.39, 0.29) is 12.8 Å². The Bertz CT molecular complexity index is 961. The van der Waals surface area contributed by atoms with Crippen molar-refractivity contribution in [2.75, 3.05) is 7.11 Å². The Hall–Kier alpha value is -3.43. The van der Waals surface area contributed by atoms with Crippen LogP contribution < -0.4 is 10.6 Å². The predicted molar refractivity (Wildman–Crippen MR) is 107 cm³/mol. The molecule has 6 nitrogen and oxygen atoms in total. The van der Waals surface area contributed by atoms with Crippen molar-refractivity contribution in [3.05, 3.63) is 71.0 Å². The van der Waals surface area contributed by atoms with Crippen LogP contribution in [0.4, 0.5) is 17.6 Å². The number of methoxy groups -OCH3 is 1. The van der Waals surface area contributed by atoms with Gasteiger partial charge in [0.05, 0.1) is 12.7 Å². The van der Waals surface area contributed by atoms with Crippen LogP contribution in [0.5, 0.6) is 0 Å². The molecule has 0 radical (unpaired) electrons. The van der Waals surface area contributed by atoms with Crippen molar-refractivity contribution in [2.45, 2.75) is 38.0 Å². The Balaban J connectivity index is 2.18. The van der Waals surface area contributed by atoms with Crippen molar-refractivity contribution in [1.82, 2.24) is 10.6 Å². The van der Waals surface area contributed by atoms with Crippen LogP contribution in [0.15, 0.2) is 48.5 Å². The van der Waals surface area contributed by atoms with Crippen LogP contribution in [-0.2, 0) is 38.1 Å². The fraction of sp³-hybridized carbons (Fsp3) is 0.318. The summed E-state index contributed by atoms with van der Waals surface area (Å²) in [4.78, 5) is 36.5. The summed E-state index contributed by atoms with van der Waals surface area (Å²) in [5.41, 5.74) is -0.0492. The average Bonchev–Trinajstić information content (AvgIpc) is 2.71. The van der Waals surface area contributed by atoms with Gasteiger partial charge in [0.25, 0.3) is 0 Å². The summed E-state index contributed by atoms with van der Waals surface area (Å²) in [5.74, 6) is -2.57. The van der Waals surface area contributed by atoms with E-state index in [1.807, 2.05) is 0 Å². The number of rotatable bonds is 8. The largest absolute Gasteiger partial charge is 0.467 e. The molecule has 0 saturated heterocycles. The summed E-state index contributed by atoms with van der Waals surface area (Å²) in [6, 6.07) is 7.27. The Morgan fingerprint density at radius 3 is 2.09 bits per heavy atom. The molecular weight excluding hydrogens is 432 g/mol. The zero-order valence-electron chi connectivity index (χ0n) is 17.3. The molecule has 10 heteroatoms. The lowest BCUT2D eigenvalue weighted by Gasteiger charge is -2.22. The number of amides is 2. The lowest BCUT2D eigenvalue weighted by Crippen LogP contribution is -2.53. The maximum absolute atomic E-state index is 13.5. The maximum Gasteiger partial charge on any atom is 0.416 e. The molecule has 0 unspecified atom stereocenters. The van der Waals surface area contributed by atoms with Gasteiger partial charge in [-0.3, -0.25) is 9.59 Å². The van der Waals surface area contributed by atoms with Gasteiger partial charge in [0.1, 0.15) is 17.9 Å². The van der Waals surface area contributed by atoms with Gasteiger partial charge in [0, 0.05) is 19.8 Å². The summed E-state index contributed by atoms with van der Waals surface area (Å²) >= 11 is 0. The summed E-state index contributed by atoms with van der Waals surface area (Å²) in [6.07, 6.45) is -4.68. The molecule has 0 aliphatic rings. The Labute approximate surface area is 181 Å². The number of alkyl halides is 3. The molecule has 2 amide bonds. The molecule has 2 N–H and O–H groups in total. The maximum atomic E-state index is 13.5. The molecule has 0 heterocycles. The van der Waals surface area contributed by atoms with Crippen LogP contribution in [0.1, 0.15) is 23.6 Å². The smallest absolute Gasteiger partial charge is 0.416 e. The van der Waals surface area contributed by atoms with Gasteiger partial charge in [0.2, 0.25) is 11.8 Å². The predicted octanol–water partition coefficient (Wildman–Crippen LogP) is 2.79. The first-order chi connectivity index (χ1) is 15.0. The van der Waals surface area contributed by atoms with Crippen LogP contribution in [0.3, 0.4) is 0 Å². The highest BCUT2D eigenvalue weighted by Crippen LogP contribution is 2.29. The summed E-state index contributed by atoms with van der Waals surface area (Å²) in [5, 5.41) is 4.90. The molecule has 2 aromatic carbocycles. The molecular formula is C22H22F4N2O4. The second-order valence-corrected chi connectivity index (χ2v) is 7.07. The number of ether oxygens (including phenoxy) is 1. The van der Waals surface area contributed by atoms with Gasteiger partial charge in [0.15, 0.2) is 0 Å². The van der Waals surface area contributed by atoms with Crippen molar-refractivity contribution in [3.63, 3.8) is 0 Å². The average molecular weight is 454 g/mol. The van der Waals surface area contributed by atoms with Crippen LogP contribution in [-0.4, -0.2) is 37.0 Å². The minimum absolute atomic E-state index is 0.0443. The molecule has 2 rings (SSSR count). The minimum Gasteiger partial charge on any atom is -0.467 e. The number of carbonyl (C=O) groups is 3. The number of esters is 1. The summed E-state index contributed by atoms with van der Waals surface area (Å²) in [7, 11) is 1.10. The van der Waals surface area contributed by atoms with Gasteiger partial charge < -0.3 is 15.4 Å². The van der Waals surface area contributed by atoms with Gasteiger partial charge in [-0.25, -0.2) is 9.18 Å². The first kappa shape index (κ1) is 24.8. The standard InChI is InChI=1S/C22H22F4N2O4/c1-13(29)27-18(12-15-4-3-5-17(23)10-15)20(30)28-19(21(31)32-2)11-14-6-8-16(9-7-14)22(24,25)26/h3-10,18-19H,11-12H2,1-2H3,(H,27,29)(H,28,30)/t18-,19+/m1/s1.